The van der Waals surface area contributed by atoms with Gasteiger partial charge < -0.3 is 9.42 Å². The molecule has 2 aliphatic heterocycles. The molecule has 0 bridgehead atoms. The van der Waals surface area contributed by atoms with E-state index >= 15 is 0 Å². The first-order valence-corrected chi connectivity index (χ1v) is 10.5. The minimum Gasteiger partial charge on any atom is -0.361 e. The molecule has 1 amide bonds. The van der Waals surface area contributed by atoms with Crippen LogP contribution in [0.2, 0.25) is 0 Å². The van der Waals surface area contributed by atoms with E-state index in [0.29, 0.717) is 4.88 Å². The van der Waals surface area contributed by atoms with Gasteiger partial charge in [0.25, 0.3) is 5.91 Å². The van der Waals surface area contributed by atoms with E-state index in [2.05, 4.69) is 24.5 Å². The summed E-state index contributed by atoms with van der Waals surface area (Å²) in [6.07, 6.45) is 5.38. The van der Waals surface area contributed by atoms with Gasteiger partial charge in [0.2, 0.25) is 0 Å². The van der Waals surface area contributed by atoms with Crippen LogP contribution in [0.5, 0.6) is 0 Å². The normalized spacial score (nSPS) is 23.9. The van der Waals surface area contributed by atoms with Gasteiger partial charge in [0, 0.05) is 30.7 Å². The Morgan fingerprint density at radius 1 is 1.11 bits per heavy atom. The Kier molecular flexibility index (Phi) is 5.03. The van der Waals surface area contributed by atoms with Crippen LogP contribution in [0, 0.1) is 20.8 Å². The molecule has 2 saturated heterocycles. The lowest BCUT2D eigenvalue weighted by Crippen LogP contribution is -2.47. The first-order valence-electron chi connectivity index (χ1n) is 9.75. The first-order chi connectivity index (χ1) is 13.0. The lowest BCUT2D eigenvalue weighted by molar-refractivity contribution is 0.0562. The van der Waals surface area contributed by atoms with Crippen LogP contribution in [0.25, 0.3) is 0 Å². The van der Waals surface area contributed by atoms with E-state index in [1.807, 2.05) is 20.8 Å². The van der Waals surface area contributed by atoms with Gasteiger partial charge in [-0.3, -0.25) is 9.69 Å². The molecular weight excluding hydrogens is 362 g/mol. The van der Waals surface area contributed by atoms with Crippen molar-refractivity contribution in [2.75, 3.05) is 19.6 Å². The summed E-state index contributed by atoms with van der Waals surface area (Å²) in [5, 5.41) is 8.11. The SMILES string of the molecule is Cc1nnsc1C(=O)N1CCC[C@@]12CCCN(Cc1c(C)noc1C)CC2. The number of amides is 1. The van der Waals surface area contributed by atoms with Crippen LogP contribution in [0.15, 0.2) is 4.52 Å². The van der Waals surface area contributed by atoms with Crippen LogP contribution in [0.4, 0.5) is 0 Å². The quantitative estimate of drug-likeness (QED) is 0.803. The van der Waals surface area contributed by atoms with Gasteiger partial charge in [0.15, 0.2) is 0 Å². The van der Waals surface area contributed by atoms with Crippen molar-refractivity contribution < 1.29 is 9.32 Å². The second kappa shape index (κ2) is 7.31. The molecule has 0 unspecified atom stereocenters. The molecule has 4 heterocycles. The van der Waals surface area contributed by atoms with Crippen LogP contribution in [-0.4, -0.2) is 55.6 Å². The van der Waals surface area contributed by atoms with Crippen molar-refractivity contribution in [1.29, 1.82) is 0 Å². The summed E-state index contributed by atoms with van der Waals surface area (Å²) < 4.78 is 9.28. The average molecular weight is 390 g/mol. The standard InChI is InChI=1S/C19H27N5O2S/c1-13-16(15(3)26-21-13)12-23-9-4-6-19(8-11-23)7-5-10-24(19)18(25)17-14(2)20-22-27-17/h4-12H2,1-3H3/t19-/m1/s1. The highest BCUT2D eigenvalue weighted by atomic mass is 32.1. The van der Waals surface area contributed by atoms with Crippen LogP contribution >= 0.6 is 11.5 Å². The van der Waals surface area contributed by atoms with E-state index < -0.39 is 0 Å². The predicted molar refractivity (Wildman–Crippen MR) is 103 cm³/mol. The molecule has 146 valence electrons. The smallest absolute Gasteiger partial charge is 0.267 e. The van der Waals surface area contributed by atoms with E-state index in [-0.39, 0.29) is 11.4 Å². The highest BCUT2D eigenvalue weighted by molar-refractivity contribution is 7.07. The van der Waals surface area contributed by atoms with Gasteiger partial charge in [0.1, 0.15) is 10.6 Å². The third kappa shape index (κ3) is 3.40. The van der Waals surface area contributed by atoms with Gasteiger partial charge in [-0.25, -0.2) is 0 Å². The molecule has 2 aromatic heterocycles. The van der Waals surface area contributed by atoms with Gasteiger partial charge in [0.05, 0.1) is 11.4 Å². The lowest BCUT2D eigenvalue weighted by atomic mass is 9.87. The molecule has 0 aromatic carbocycles. The Hall–Kier alpha value is -1.80. The number of nitrogens with zero attached hydrogens (tertiary/aromatic N) is 5. The van der Waals surface area contributed by atoms with E-state index in [1.165, 1.54) is 17.1 Å². The summed E-state index contributed by atoms with van der Waals surface area (Å²) in [6, 6.07) is 0. The van der Waals surface area contributed by atoms with Crippen molar-refractivity contribution in [2.24, 2.45) is 0 Å². The Balaban J connectivity index is 1.49. The third-order valence-electron chi connectivity index (χ3n) is 6.26. The fourth-order valence-electron chi connectivity index (χ4n) is 4.67. The Labute approximate surface area is 163 Å². The number of carbonyl (C=O) groups excluding carboxylic acids is 1. The van der Waals surface area contributed by atoms with E-state index in [0.717, 1.165) is 75.4 Å². The predicted octanol–water partition coefficient (Wildman–Crippen LogP) is 3.11. The van der Waals surface area contributed by atoms with E-state index in [1.54, 1.807) is 0 Å². The maximum absolute atomic E-state index is 13.2. The summed E-state index contributed by atoms with van der Waals surface area (Å²) in [5.41, 5.74) is 2.93. The topological polar surface area (TPSA) is 75.4 Å². The number of aryl methyl sites for hydroxylation is 3. The zero-order valence-corrected chi connectivity index (χ0v) is 17.1. The molecule has 2 fully saturated rings. The van der Waals surface area contributed by atoms with Crippen molar-refractivity contribution in [3.8, 4) is 0 Å². The molecule has 8 heteroatoms. The first kappa shape index (κ1) is 18.6. The summed E-state index contributed by atoms with van der Waals surface area (Å²) >= 11 is 1.22. The molecule has 1 atom stereocenters. The molecular formula is C19H27N5O2S. The number of hydrogen-bond acceptors (Lipinski definition) is 7. The van der Waals surface area contributed by atoms with Crippen molar-refractivity contribution in [2.45, 2.75) is 65.0 Å². The van der Waals surface area contributed by atoms with Gasteiger partial charge in [-0.05, 0) is 71.0 Å². The zero-order chi connectivity index (χ0) is 19.0. The Bertz CT molecular complexity index is 812. The molecule has 4 rings (SSSR count). The lowest BCUT2D eigenvalue weighted by Gasteiger charge is -2.38. The summed E-state index contributed by atoms with van der Waals surface area (Å²) in [7, 11) is 0. The third-order valence-corrected chi connectivity index (χ3v) is 7.08. The fourth-order valence-corrected chi connectivity index (χ4v) is 5.28. The van der Waals surface area contributed by atoms with Gasteiger partial charge in [-0.1, -0.05) is 9.64 Å². The molecule has 1 spiro atoms. The monoisotopic (exact) mass is 389 g/mol. The number of likely N-dealkylation sites (tertiary alicyclic amines) is 2. The van der Waals surface area contributed by atoms with E-state index in [9.17, 15) is 4.79 Å². The number of rotatable bonds is 3. The number of aromatic nitrogens is 3. The van der Waals surface area contributed by atoms with Crippen molar-refractivity contribution >= 4 is 17.4 Å². The summed E-state index contributed by atoms with van der Waals surface area (Å²) in [4.78, 5) is 18.5. The summed E-state index contributed by atoms with van der Waals surface area (Å²) in [6.45, 7) is 9.63. The summed E-state index contributed by atoms with van der Waals surface area (Å²) in [5.74, 6) is 1.04. The second-order valence-corrected chi connectivity index (χ2v) is 8.66. The maximum Gasteiger partial charge on any atom is 0.267 e. The Morgan fingerprint density at radius 3 is 2.56 bits per heavy atom. The Morgan fingerprint density at radius 2 is 1.89 bits per heavy atom. The molecule has 27 heavy (non-hydrogen) atoms. The largest absolute Gasteiger partial charge is 0.361 e. The van der Waals surface area contributed by atoms with Crippen molar-refractivity contribution in [3.63, 3.8) is 0 Å². The molecule has 0 aliphatic carbocycles. The van der Waals surface area contributed by atoms with Crippen molar-refractivity contribution in [3.05, 3.63) is 27.6 Å². The molecule has 0 N–H and O–H groups in total. The average Bonchev–Trinajstić information content (AvgIpc) is 3.29. The minimum atomic E-state index is -0.0129. The highest BCUT2D eigenvalue weighted by Crippen LogP contribution is 2.40. The van der Waals surface area contributed by atoms with Crippen molar-refractivity contribution in [1.82, 2.24) is 24.5 Å². The fraction of sp³-hybridized carbons (Fsp3) is 0.684. The number of carbonyl (C=O) groups is 1. The van der Waals surface area contributed by atoms with Crippen LogP contribution in [-0.2, 0) is 6.54 Å². The molecule has 0 saturated carbocycles. The molecule has 0 radical (unpaired) electrons. The van der Waals surface area contributed by atoms with Gasteiger partial charge in [-0.2, -0.15) is 0 Å². The highest BCUT2D eigenvalue weighted by Gasteiger charge is 2.45. The number of hydrogen-bond donors (Lipinski definition) is 0. The maximum atomic E-state index is 13.2. The van der Waals surface area contributed by atoms with Gasteiger partial charge >= 0.3 is 0 Å². The molecule has 2 aliphatic rings. The minimum absolute atomic E-state index is 0.0129. The van der Waals surface area contributed by atoms with Crippen LogP contribution in [0.1, 0.15) is 64.5 Å². The second-order valence-electron chi connectivity index (χ2n) is 7.90. The zero-order valence-electron chi connectivity index (χ0n) is 16.3. The van der Waals surface area contributed by atoms with Crippen LogP contribution in [0.3, 0.4) is 0 Å². The molecule has 7 nitrogen and oxygen atoms in total. The molecule has 2 aromatic rings. The van der Waals surface area contributed by atoms with E-state index in [4.69, 9.17) is 4.52 Å². The van der Waals surface area contributed by atoms with Crippen LogP contribution < -0.4 is 0 Å². The van der Waals surface area contributed by atoms with Gasteiger partial charge in [-0.15, -0.1) is 5.10 Å².